The molecule has 224 valence electrons. The van der Waals surface area contributed by atoms with Gasteiger partial charge in [-0.1, -0.05) is 179 Å². The molecular weight excluding hydrogens is 472 g/mol. The number of unbranched alkanes of at least 4 members (excludes halogenated alkanes) is 21. The molecule has 1 aromatic carbocycles. The molecule has 1 aliphatic heterocycles. The molecule has 2 heteroatoms. The highest BCUT2D eigenvalue weighted by Crippen LogP contribution is 2.22. The van der Waals surface area contributed by atoms with Crippen molar-refractivity contribution in [2.45, 2.75) is 174 Å². The number of nitrogens with zero attached hydrogens (tertiary/aromatic N) is 2. The quantitative estimate of drug-likeness (QED) is 0.103. The van der Waals surface area contributed by atoms with Crippen molar-refractivity contribution in [1.29, 1.82) is 0 Å². The molecule has 0 amide bonds. The summed E-state index contributed by atoms with van der Waals surface area (Å²) in [6.07, 6.45) is 39.1. The molecule has 1 aliphatic rings. The minimum Gasteiger partial charge on any atom is -0.356 e. The first kappa shape index (κ1) is 33.8. The van der Waals surface area contributed by atoms with E-state index in [0.29, 0.717) is 6.17 Å². The molecule has 1 heterocycles. The lowest BCUT2D eigenvalue weighted by molar-refractivity contribution is 0.148. The van der Waals surface area contributed by atoms with Crippen LogP contribution in [0.25, 0.3) is 0 Å². The monoisotopic (exact) mass is 539 g/mol. The zero-order valence-corrected chi connectivity index (χ0v) is 26.4. The number of hydrogen-bond acceptors (Lipinski definition) is 2. The van der Waals surface area contributed by atoms with Crippen molar-refractivity contribution in [3.63, 3.8) is 0 Å². The highest BCUT2D eigenvalue weighted by atomic mass is 15.4. The Kier molecular flexibility index (Phi) is 21.1. The zero-order chi connectivity index (χ0) is 27.6. The molecule has 0 aromatic heterocycles. The summed E-state index contributed by atoms with van der Waals surface area (Å²) >= 11 is 0. The fourth-order valence-corrected chi connectivity index (χ4v) is 6.16. The highest BCUT2D eigenvalue weighted by molar-refractivity contribution is 5.17. The van der Waals surface area contributed by atoms with E-state index in [1.54, 1.807) is 0 Å². The van der Waals surface area contributed by atoms with E-state index in [1.165, 1.54) is 166 Å². The molecule has 0 spiro atoms. The minimum atomic E-state index is 0.504. The van der Waals surface area contributed by atoms with Gasteiger partial charge in [0.1, 0.15) is 6.17 Å². The molecule has 2 rings (SSSR count). The maximum atomic E-state index is 2.64. The molecule has 1 atom stereocenters. The lowest BCUT2D eigenvalue weighted by Gasteiger charge is -2.33. The average Bonchev–Trinajstić information content (AvgIpc) is 3.33. The molecule has 1 aromatic rings. The van der Waals surface area contributed by atoms with Gasteiger partial charge in [-0.25, -0.2) is 0 Å². The van der Waals surface area contributed by atoms with Gasteiger partial charge in [0, 0.05) is 31.9 Å². The first-order valence-electron chi connectivity index (χ1n) is 17.6. The number of rotatable bonds is 27. The van der Waals surface area contributed by atoms with Crippen LogP contribution in [0.15, 0.2) is 42.7 Å². The molecule has 0 N–H and O–H groups in total. The number of benzene rings is 1. The van der Waals surface area contributed by atoms with E-state index >= 15 is 0 Å². The summed E-state index contributed by atoms with van der Waals surface area (Å²) in [5.41, 5.74) is 1.47. The number of hydrogen-bond donors (Lipinski definition) is 0. The van der Waals surface area contributed by atoms with Gasteiger partial charge in [-0.3, -0.25) is 0 Å². The smallest absolute Gasteiger partial charge is 0.105 e. The first-order chi connectivity index (χ1) is 19.3. The van der Waals surface area contributed by atoms with Gasteiger partial charge in [-0.2, -0.15) is 0 Å². The highest BCUT2D eigenvalue weighted by Gasteiger charge is 2.25. The second-order valence-electron chi connectivity index (χ2n) is 12.4. The Morgan fingerprint density at radius 2 is 0.769 bits per heavy atom. The van der Waals surface area contributed by atoms with Crippen molar-refractivity contribution in [2.75, 3.05) is 13.1 Å². The molecule has 39 heavy (non-hydrogen) atoms. The van der Waals surface area contributed by atoms with Gasteiger partial charge < -0.3 is 9.80 Å². The average molecular weight is 539 g/mol. The van der Waals surface area contributed by atoms with Crippen LogP contribution in [0.1, 0.15) is 167 Å². The van der Waals surface area contributed by atoms with E-state index in [1.807, 2.05) is 0 Å². The molecule has 0 bridgehead atoms. The van der Waals surface area contributed by atoms with Gasteiger partial charge in [0.15, 0.2) is 0 Å². The van der Waals surface area contributed by atoms with Crippen molar-refractivity contribution >= 4 is 0 Å². The standard InChI is InChI=1S/C37H66N2/c1-3-5-7-9-11-12-13-14-15-16-17-18-19-21-23-28-32-39-34-33-38(31-27-22-20-10-8-6-4-2)37(39)35-36-29-25-24-26-30-36/h24-26,29-30,33-34,37H,3-23,27-28,31-32,35H2,1-2H3. The third-order valence-electron chi connectivity index (χ3n) is 8.77. The van der Waals surface area contributed by atoms with Gasteiger partial charge in [0.2, 0.25) is 0 Å². The predicted molar refractivity (Wildman–Crippen MR) is 174 cm³/mol. The van der Waals surface area contributed by atoms with Crippen LogP contribution < -0.4 is 0 Å². The van der Waals surface area contributed by atoms with E-state index in [0.717, 1.165) is 6.42 Å². The summed E-state index contributed by atoms with van der Waals surface area (Å²) in [6.45, 7) is 7.02. The lowest BCUT2D eigenvalue weighted by atomic mass is 10.0. The van der Waals surface area contributed by atoms with Gasteiger partial charge >= 0.3 is 0 Å². The van der Waals surface area contributed by atoms with Crippen LogP contribution in [-0.2, 0) is 6.42 Å². The normalized spacial score (nSPS) is 15.1. The van der Waals surface area contributed by atoms with Crippen molar-refractivity contribution in [3.05, 3.63) is 48.3 Å². The Bertz CT molecular complexity index is 669. The topological polar surface area (TPSA) is 6.48 Å². The second-order valence-corrected chi connectivity index (χ2v) is 12.4. The van der Waals surface area contributed by atoms with Crippen molar-refractivity contribution in [1.82, 2.24) is 9.80 Å². The third-order valence-corrected chi connectivity index (χ3v) is 8.77. The third kappa shape index (κ3) is 17.1. The zero-order valence-electron chi connectivity index (χ0n) is 26.4. The van der Waals surface area contributed by atoms with Crippen LogP contribution in [0.5, 0.6) is 0 Å². The van der Waals surface area contributed by atoms with Crippen LogP contribution in [0.2, 0.25) is 0 Å². The summed E-state index contributed by atoms with van der Waals surface area (Å²) in [6, 6.07) is 11.1. The van der Waals surface area contributed by atoms with E-state index in [2.05, 4.69) is 66.4 Å². The fraction of sp³-hybridized carbons (Fsp3) is 0.784. The predicted octanol–water partition coefficient (Wildman–Crippen LogP) is 11.7. The summed E-state index contributed by atoms with van der Waals surface area (Å²) in [5, 5.41) is 0. The minimum absolute atomic E-state index is 0.504. The van der Waals surface area contributed by atoms with E-state index in [9.17, 15) is 0 Å². The Hall–Kier alpha value is -1.44. The van der Waals surface area contributed by atoms with Crippen molar-refractivity contribution in [2.24, 2.45) is 0 Å². The summed E-state index contributed by atoms with van der Waals surface area (Å²) in [7, 11) is 0. The van der Waals surface area contributed by atoms with Crippen LogP contribution in [0.3, 0.4) is 0 Å². The summed E-state index contributed by atoms with van der Waals surface area (Å²) in [5.74, 6) is 0. The van der Waals surface area contributed by atoms with Crippen LogP contribution in [0.4, 0.5) is 0 Å². The van der Waals surface area contributed by atoms with E-state index < -0.39 is 0 Å². The lowest BCUT2D eigenvalue weighted by Crippen LogP contribution is -2.41. The maximum Gasteiger partial charge on any atom is 0.105 e. The Labute approximate surface area is 245 Å². The van der Waals surface area contributed by atoms with Crippen molar-refractivity contribution < 1.29 is 0 Å². The van der Waals surface area contributed by atoms with Crippen molar-refractivity contribution in [3.8, 4) is 0 Å². The van der Waals surface area contributed by atoms with Gasteiger partial charge in [0.25, 0.3) is 0 Å². The molecule has 1 unspecified atom stereocenters. The second kappa shape index (κ2) is 24.4. The molecule has 0 radical (unpaired) electrons. The Balaban J connectivity index is 1.53. The molecule has 0 saturated heterocycles. The van der Waals surface area contributed by atoms with Crippen LogP contribution in [-0.4, -0.2) is 29.1 Å². The molecule has 0 aliphatic carbocycles. The molecule has 0 fully saturated rings. The molecule has 0 saturated carbocycles. The first-order valence-corrected chi connectivity index (χ1v) is 17.6. The molecule has 2 nitrogen and oxygen atoms in total. The fourth-order valence-electron chi connectivity index (χ4n) is 6.16. The maximum absolute atomic E-state index is 2.64. The van der Waals surface area contributed by atoms with Gasteiger partial charge in [-0.05, 0) is 18.4 Å². The van der Waals surface area contributed by atoms with Gasteiger partial charge in [0.05, 0.1) is 0 Å². The Morgan fingerprint density at radius 3 is 1.13 bits per heavy atom. The van der Waals surface area contributed by atoms with Crippen LogP contribution in [0, 0.1) is 0 Å². The summed E-state index contributed by atoms with van der Waals surface area (Å²) < 4.78 is 0. The Morgan fingerprint density at radius 1 is 0.436 bits per heavy atom. The van der Waals surface area contributed by atoms with Crippen LogP contribution >= 0.6 is 0 Å². The summed E-state index contributed by atoms with van der Waals surface area (Å²) in [4.78, 5) is 5.27. The van der Waals surface area contributed by atoms with Gasteiger partial charge in [-0.15, -0.1) is 0 Å². The SMILES string of the molecule is CCCCCCCCCCCCCCCCCCN1C=CN(CCCCCCCCC)C1Cc1ccccc1. The largest absolute Gasteiger partial charge is 0.356 e. The molecular formula is C37H66N2. The van der Waals surface area contributed by atoms with E-state index in [4.69, 9.17) is 0 Å². The van der Waals surface area contributed by atoms with E-state index in [-0.39, 0.29) is 0 Å².